The van der Waals surface area contributed by atoms with Gasteiger partial charge in [-0.25, -0.2) is 0 Å². The van der Waals surface area contributed by atoms with Crippen molar-refractivity contribution in [3.05, 3.63) is 0 Å². The summed E-state index contributed by atoms with van der Waals surface area (Å²) in [4.78, 5) is 2.75. The van der Waals surface area contributed by atoms with Gasteiger partial charge in [-0.15, -0.1) is 0 Å². The smallest absolute Gasteiger partial charge is 0.0243 e. The van der Waals surface area contributed by atoms with Crippen LogP contribution in [0.1, 0.15) is 67.2 Å². The van der Waals surface area contributed by atoms with Gasteiger partial charge in [0, 0.05) is 24.7 Å². The minimum absolute atomic E-state index is 0.343. The number of hydrogen-bond donors (Lipinski definition) is 1. The molecule has 18 heavy (non-hydrogen) atoms. The van der Waals surface area contributed by atoms with E-state index in [4.69, 9.17) is 0 Å². The predicted octanol–water partition coefficient (Wildman–Crippen LogP) is 3.66. The third kappa shape index (κ3) is 4.24. The highest BCUT2D eigenvalue weighted by Gasteiger charge is 2.34. The van der Waals surface area contributed by atoms with Crippen molar-refractivity contribution in [1.82, 2.24) is 10.2 Å². The van der Waals surface area contributed by atoms with Crippen molar-refractivity contribution < 1.29 is 0 Å². The molecule has 2 nitrogen and oxygen atoms in total. The van der Waals surface area contributed by atoms with Crippen LogP contribution in [-0.2, 0) is 0 Å². The summed E-state index contributed by atoms with van der Waals surface area (Å²) in [5.74, 6) is 0. The standard InChI is InChI=1S/C16H34N2/c1-7-11-17-15(16(4,5)6)12-18-13(3)9-10-14(18)8-2/h13-15,17H,7-12H2,1-6H3. The lowest BCUT2D eigenvalue weighted by Crippen LogP contribution is -2.51. The number of rotatable bonds is 6. The molecule has 0 bridgehead atoms. The SMILES string of the molecule is CCCNC(CN1C(C)CCC1CC)C(C)(C)C. The Morgan fingerprint density at radius 3 is 2.39 bits per heavy atom. The molecule has 1 heterocycles. The molecule has 0 amide bonds. The van der Waals surface area contributed by atoms with Crippen LogP contribution in [0.4, 0.5) is 0 Å². The zero-order valence-corrected chi connectivity index (χ0v) is 13.4. The minimum Gasteiger partial charge on any atom is -0.312 e. The average molecular weight is 254 g/mol. The Morgan fingerprint density at radius 1 is 1.22 bits per heavy atom. The zero-order valence-electron chi connectivity index (χ0n) is 13.4. The second kappa shape index (κ2) is 6.91. The molecule has 0 aliphatic carbocycles. The van der Waals surface area contributed by atoms with Crippen molar-refractivity contribution in [1.29, 1.82) is 0 Å². The van der Waals surface area contributed by atoms with Gasteiger partial charge in [0.25, 0.3) is 0 Å². The van der Waals surface area contributed by atoms with Crippen LogP contribution >= 0.6 is 0 Å². The van der Waals surface area contributed by atoms with Crippen molar-refractivity contribution >= 4 is 0 Å². The van der Waals surface area contributed by atoms with E-state index >= 15 is 0 Å². The summed E-state index contributed by atoms with van der Waals surface area (Å²) in [6, 6.07) is 2.18. The lowest BCUT2D eigenvalue weighted by molar-refractivity contribution is 0.133. The fourth-order valence-corrected chi connectivity index (χ4v) is 3.07. The Morgan fingerprint density at radius 2 is 1.89 bits per heavy atom. The van der Waals surface area contributed by atoms with Gasteiger partial charge in [0.2, 0.25) is 0 Å². The van der Waals surface area contributed by atoms with Gasteiger partial charge in [0.05, 0.1) is 0 Å². The Balaban J connectivity index is 2.63. The summed E-state index contributed by atoms with van der Waals surface area (Å²) in [7, 11) is 0. The minimum atomic E-state index is 0.343. The average Bonchev–Trinajstić information content (AvgIpc) is 2.64. The van der Waals surface area contributed by atoms with Crippen LogP contribution in [0.2, 0.25) is 0 Å². The predicted molar refractivity (Wildman–Crippen MR) is 81.0 cm³/mol. The Hall–Kier alpha value is -0.0800. The molecule has 1 rings (SSSR count). The molecule has 108 valence electrons. The summed E-state index contributed by atoms with van der Waals surface area (Å²) in [6.07, 6.45) is 5.29. The maximum atomic E-state index is 3.76. The van der Waals surface area contributed by atoms with Crippen molar-refractivity contribution in [3.8, 4) is 0 Å². The van der Waals surface area contributed by atoms with E-state index in [1.165, 1.54) is 32.2 Å². The van der Waals surface area contributed by atoms with Gasteiger partial charge in [-0.1, -0.05) is 34.6 Å². The molecule has 0 spiro atoms. The largest absolute Gasteiger partial charge is 0.312 e. The lowest BCUT2D eigenvalue weighted by atomic mass is 9.86. The number of nitrogens with one attached hydrogen (secondary N) is 1. The molecule has 1 fully saturated rings. The molecule has 1 aliphatic heterocycles. The van der Waals surface area contributed by atoms with E-state index in [0.717, 1.165) is 18.6 Å². The van der Waals surface area contributed by atoms with Crippen LogP contribution in [0, 0.1) is 5.41 Å². The second-order valence-electron chi connectivity index (χ2n) is 7.06. The molecule has 0 aromatic carbocycles. The molecule has 2 heteroatoms. The molecule has 0 radical (unpaired) electrons. The Labute approximate surface area is 115 Å². The maximum Gasteiger partial charge on any atom is 0.0243 e. The van der Waals surface area contributed by atoms with E-state index in [1.807, 2.05) is 0 Å². The summed E-state index contributed by atoms with van der Waals surface area (Å²) in [6.45, 7) is 16.4. The number of likely N-dealkylation sites (tertiary alicyclic amines) is 1. The molecule has 1 N–H and O–H groups in total. The number of nitrogens with zero attached hydrogens (tertiary/aromatic N) is 1. The first-order valence-electron chi connectivity index (χ1n) is 7.89. The molecule has 0 aromatic heterocycles. The fraction of sp³-hybridized carbons (Fsp3) is 1.00. The molecule has 0 aromatic rings. The molecule has 3 atom stereocenters. The van der Waals surface area contributed by atoms with E-state index in [1.54, 1.807) is 0 Å². The first-order valence-corrected chi connectivity index (χ1v) is 7.89. The van der Waals surface area contributed by atoms with Crippen LogP contribution in [0.25, 0.3) is 0 Å². The second-order valence-corrected chi connectivity index (χ2v) is 7.06. The van der Waals surface area contributed by atoms with E-state index in [2.05, 4.69) is 51.8 Å². The van der Waals surface area contributed by atoms with Crippen molar-refractivity contribution in [2.45, 2.75) is 85.4 Å². The van der Waals surface area contributed by atoms with Gasteiger partial charge in [0.1, 0.15) is 0 Å². The van der Waals surface area contributed by atoms with Gasteiger partial charge < -0.3 is 5.32 Å². The normalized spacial score (nSPS) is 27.7. The van der Waals surface area contributed by atoms with E-state index in [9.17, 15) is 0 Å². The van der Waals surface area contributed by atoms with E-state index in [0.29, 0.717) is 11.5 Å². The van der Waals surface area contributed by atoms with E-state index in [-0.39, 0.29) is 0 Å². The first kappa shape index (κ1) is 16.0. The Kier molecular flexibility index (Phi) is 6.13. The van der Waals surface area contributed by atoms with Gasteiger partial charge in [-0.05, 0) is 44.6 Å². The van der Waals surface area contributed by atoms with Crippen LogP contribution < -0.4 is 5.32 Å². The zero-order chi connectivity index (χ0) is 13.8. The van der Waals surface area contributed by atoms with Gasteiger partial charge in [0.15, 0.2) is 0 Å². The van der Waals surface area contributed by atoms with Crippen molar-refractivity contribution in [3.63, 3.8) is 0 Å². The lowest BCUT2D eigenvalue weighted by Gasteiger charge is -2.38. The van der Waals surface area contributed by atoms with Crippen LogP contribution in [0.5, 0.6) is 0 Å². The third-order valence-electron chi connectivity index (χ3n) is 4.50. The topological polar surface area (TPSA) is 15.3 Å². The van der Waals surface area contributed by atoms with Gasteiger partial charge >= 0.3 is 0 Å². The summed E-state index contributed by atoms with van der Waals surface area (Å²) < 4.78 is 0. The van der Waals surface area contributed by atoms with E-state index < -0.39 is 0 Å². The van der Waals surface area contributed by atoms with Crippen LogP contribution in [-0.4, -0.2) is 36.1 Å². The molecular formula is C16H34N2. The third-order valence-corrected chi connectivity index (χ3v) is 4.50. The molecule has 0 saturated carbocycles. The van der Waals surface area contributed by atoms with Gasteiger partial charge in [-0.2, -0.15) is 0 Å². The van der Waals surface area contributed by atoms with Gasteiger partial charge in [-0.3, -0.25) is 4.90 Å². The molecule has 3 unspecified atom stereocenters. The highest BCUT2D eigenvalue weighted by molar-refractivity contribution is 4.91. The monoisotopic (exact) mass is 254 g/mol. The highest BCUT2D eigenvalue weighted by atomic mass is 15.2. The summed E-state index contributed by atoms with van der Waals surface area (Å²) in [5, 5.41) is 3.76. The molecule has 1 saturated heterocycles. The quantitative estimate of drug-likeness (QED) is 0.778. The highest BCUT2D eigenvalue weighted by Crippen LogP contribution is 2.29. The maximum absolute atomic E-state index is 3.76. The van der Waals surface area contributed by atoms with Crippen LogP contribution in [0.3, 0.4) is 0 Å². The number of hydrogen-bond acceptors (Lipinski definition) is 2. The summed E-state index contributed by atoms with van der Waals surface area (Å²) in [5.41, 5.74) is 0.343. The Bertz CT molecular complexity index is 232. The molecule has 1 aliphatic rings. The van der Waals surface area contributed by atoms with Crippen molar-refractivity contribution in [2.75, 3.05) is 13.1 Å². The fourth-order valence-electron chi connectivity index (χ4n) is 3.07. The van der Waals surface area contributed by atoms with Crippen molar-refractivity contribution in [2.24, 2.45) is 5.41 Å². The first-order chi connectivity index (χ1) is 8.40. The van der Waals surface area contributed by atoms with Crippen LogP contribution in [0.15, 0.2) is 0 Å². The summed E-state index contributed by atoms with van der Waals surface area (Å²) >= 11 is 0. The molecular weight excluding hydrogens is 220 g/mol.